The molecule has 0 saturated heterocycles. The lowest BCUT2D eigenvalue weighted by Crippen LogP contribution is -2.26. The van der Waals surface area contributed by atoms with E-state index in [0.717, 1.165) is 0 Å². The van der Waals surface area contributed by atoms with Gasteiger partial charge >= 0.3 is 0 Å². The molecule has 0 saturated carbocycles. The molecule has 0 radical (unpaired) electrons. The number of hydrogen-bond donors (Lipinski definition) is 1. The van der Waals surface area contributed by atoms with Gasteiger partial charge in [0.15, 0.2) is 11.0 Å². The fourth-order valence-electron chi connectivity index (χ4n) is 1.70. The number of anilines is 1. The standard InChI is InChI=1S/C12H13ClN4O/c1-4-17-10(7(2)14)11(13)15-8-5-6-9(18-3)16-12(8)17/h4-6H,1,14H2,2-3H3/b10-7-. The number of pyridine rings is 1. The predicted octanol–water partition coefficient (Wildman–Crippen LogP) is 2.51. The zero-order valence-corrected chi connectivity index (χ0v) is 10.9. The lowest BCUT2D eigenvalue weighted by atomic mass is 10.2. The molecule has 0 spiro atoms. The molecule has 0 atom stereocenters. The molecule has 0 unspecified atom stereocenters. The fraction of sp³-hybridized carbons (Fsp3) is 0.167. The Hall–Kier alpha value is -2.01. The van der Waals surface area contributed by atoms with Crippen LogP contribution in [0.15, 0.2) is 41.3 Å². The summed E-state index contributed by atoms with van der Waals surface area (Å²) in [6.07, 6.45) is 1.59. The van der Waals surface area contributed by atoms with Gasteiger partial charge in [-0.25, -0.2) is 4.99 Å². The molecule has 0 fully saturated rings. The van der Waals surface area contributed by atoms with Crippen LogP contribution in [-0.2, 0) is 0 Å². The third-order valence-corrected chi connectivity index (χ3v) is 2.74. The molecule has 0 bridgehead atoms. The Kier molecular flexibility index (Phi) is 3.25. The molecular weight excluding hydrogens is 252 g/mol. The molecule has 2 N–H and O–H groups in total. The number of hydrogen-bond acceptors (Lipinski definition) is 5. The van der Waals surface area contributed by atoms with Crippen molar-refractivity contribution in [2.75, 3.05) is 12.0 Å². The van der Waals surface area contributed by atoms with Crippen LogP contribution >= 0.6 is 11.6 Å². The molecule has 0 amide bonds. The Morgan fingerprint density at radius 2 is 2.28 bits per heavy atom. The number of rotatable bonds is 2. The molecule has 1 aromatic heterocycles. The average Bonchev–Trinajstić information content (AvgIpc) is 2.36. The van der Waals surface area contributed by atoms with Crippen molar-refractivity contribution in [2.24, 2.45) is 10.7 Å². The Labute approximate surface area is 110 Å². The number of nitrogens with zero attached hydrogens (tertiary/aromatic N) is 3. The molecule has 1 aliphatic rings. The Morgan fingerprint density at radius 1 is 1.56 bits per heavy atom. The number of nitrogens with two attached hydrogens (primary N) is 1. The number of ether oxygens (including phenoxy) is 1. The van der Waals surface area contributed by atoms with E-state index in [-0.39, 0.29) is 0 Å². The normalized spacial score (nSPS) is 16.8. The van der Waals surface area contributed by atoms with Gasteiger partial charge in [-0.2, -0.15) is 4.98 Å². The maximum Gasteiger partial charge on any atom is 0.215 e. The highest BCUT2D eigenvalue weighted by molar-refractivity contribution is 6.70. The summed E-state index contributed by atoms with van der Waals surface area (Å²) in [5, 5.41) is 0.314. The molecule has 1 aliphatic heterocycles. The van der Waals surface area contributed by atoms with Crippen LogP contribution in [0.3, 0.4) is 0 Å². The summed E-state index contributed by atoms with van der Waals surface area (Å²) in [6, 6.07) is 3.50. The summed E-state index contributed by atoms with van der Waals surface area (Å²) >= 11 is 6.12. The van der Waals surface area contributed by atoms with Crippen LogP contribution < -0.4 is 15.4 Å². The third-order valence-electron chi connectivity index (χ3n) is 2.48. The smallest absolute Gasteiger partial charge is 0.215 e. The maximum atomic E-state index is 6.12. The summed E-state index contributed by atoms with van der Waals surface area (Å²) in [4.78, 5) is 10.3. The molecule has 94 valence electrons. The van der Waals surface area contributed by atoms with Crippen molar-refractivity contribution >= 4 is 28.3 Å². The van der Waals surface area contributed by atoms with E-state index < -0.39 is 0 Å². The lowest BCUT2D eigenvalue weighted by molar-refractivity contribution is 0.398. The summed E-state index contributed by atoms with van der Waals surface area (Å²) < 4.78 is 5.09. The highest BCUT2D eigenvalue weighted by Gasteiger charge is 2.25. The first-order chi connectivity index (χ1) is 8.58. The molecule has 2 heterocycles. The van der Waals surface area contributed by atoms with Crippen molar-refractivity contribution in [2.45, 2.75) is 6.92 Å². The Morgan fingerprint density at radius 3 is 2.83 bits per heavy atom. The molecule has 0 aromatic carbocycles. The summed E-state index contributed by atoms with van der Waals surface area (Å²) in [5.41, 5.74) is 7.59. The molecule has 5 nitrogen and oxygen atoms in total. The molecule has 18 heavy (non-hydrogen) atoms. The SMILES string of the molecule is C=CN1/C(=C(/C)N)C(Cl)=Nc2ccc(OC)nc21. The second-order valence-corrected chi connectivity index (χ2v) is 4.04. The Bertz CT molecular complexity index is 561. The maximum absolute atomic E-state index is 6.12. The van der Waals surface area contributed by atoms with Crippen molar-refractivity contribution < 1.29 is 4.74 Å². The first kappa shape index (κ1) is 12.4. The van der Waals surface area contributed by atoms with Crippen LogP contribution in [0.2, 0.25) is 0 Å². The minimum atomic E-state index is 0.314. The van der Waals surface area contributed by atoms with Gasteiger partial charge in [0.1, 0.15) is 11.4 Å². The van der Waals surface area contributed by atoms with E-state index in [9.17, 15) is 0 Å². The van der Waals surface area contributed by atoms with Gasteiger partial charge in [0.25, 0.3) is 0 Å². The minimum absolute atomic E-state index is 0.314. The van der Waals surface area contributed by atoms with Crippen LogP contribution in [0, 0.1) is 0 Å². The number of allylic oxidation sites excluding steroid dienone is 2. The largest absolute Gasteiger partial charge is 0.481 e. The van der Waals surface area contributed by atoms with Crippen LogP contribution in [0.5, 0.6) is 5.88 Å². The Balaban J connectivity index is 2.67. The van der Waals surface area contributed by atoms with E-state index in [0.29, 0.717) is 34.0 Å². The first-order valence-corrected chi connectivity index (χ1v) is 5.64. The van der Waals surface area contributed by atoms with Crippen molar-refractivity contribution in [3.63, 3.8) is 0 Å². The zero-order valence-electron chi connectivity index (χ0n) is 10.1. The summed E-state index contributed by atoms with van der Waals surface area (Å²) in [7, 11) is 1.55. The third kappa shape index (κ3) is 1.93. The van der Waals surface area contributed by atoms with E-state index in [1.165, 1.54) is 0 Å². The lowest BCUT2D eigenvalue weighted by Gasteiger charge is -2.27. The van der Waals surface area contributed by atoms with Gasteiger partial charge in [-0.15, -0.1) is 0 Å². The highest BCUT2D eigenvalue weighted by Crippen LogP contribution is 2.37. The van der Waals surface area contributed by atoms with Gasteiger partial charge in [0, 0.05) is 18.0 Å². The topological polar surface area (TPSA) is 63.7 Å². The van der Waals surface area contributed by atoms with Crippen LogP contribution in [-0.4, -0.2) is 17.3 Å². The predicted molar refractivity (Wildman–Crippen MR) is 73.3 cm³/mol. The minimum Gasteiger partial charge on any atom is -0.481 e. The number of aliphatic imine (C=N–C) groups is 1. The average molecular weight is 265 g/mol. The quantitative estimate of drug-likeness (QED) is 0.891. The van der Waals surface area contributed by atoms with Gasteiger partial charge in [-0.3, -0.25) is 4.90 Å². The van der Waals surface area contributed by atoms with E-state index in [2.05, 4.69) is 16.6 Å². The molecule has 2 rings (SSSR count). The summed E-state index contributed by atoms with van der Waals surface area (Å²) in [5.74, 6) is 1.08. The molecular formula is C12H13ClN4O. The van der Waals surface area contributed by atoms with Gasteiger partial charge < -0.3 is 10.5 Å². The fourth-order valence-corrected chi connectivity index (χ4v) is 2.03. The van der Waals surface area contributed by atoms with Crippen molar-refractivity contribution in [3.05, 3.63) is 36.3 Å². The van der Waals surface area contributed by atoms with Crippen molar-refractivity contribution in [1.82, 2.24) is 4.98 Å². The summed E-state index contributed by atoms with van der Waals surface area (Å²) in [6.45, 7) is 5.49. The second kappa shape index (κ2) is 4.70. The van der Waals surface area contributed by atoms with E-state index in [1.807, 2.05) is 0 Å². The monoisotopic (exact) mass is 264 g/mol. The van der Waals surface area contributed by atoms with Crippen LogP contribution in [0.4, 0.5) is 11.5 Å². The van der Waals surface area contributed by atoms with E-state index in [4.69, 9.17) is 22.1 Å². The van der Waals surface area contributed by atoms with Crippen LogP contribution in [0.1, 0.15) is 6.92 Å². The highest BCUT2D eigenvalue weighted by atomic mass is 35.5. The van der Waals surface area contributed by atoms with Gasteiger partial charge in [-0.1, -0.05) is 18.2 Å². The number of methoxy groups -OCH3 is 1. The number of aromatic nitrogens is 1. The van der Waals surface area contributed by atoms with E-state index in [1.54, 1.807) is 37.3 Å². The van der Waals surface area contributed by atoms with Crippen LogP contribution in [0.25, 0.3) is 0 Å². The van der Waals surface area contributed by atoms with Gasteiger partial charge in [0.2, 0.25) is 5.88 Å². The molecule has 1 aromatic rings. The molecule has 6 heteroatoms. The van der Waals surface area contributed by atoms with Gasteiger partial charge in [-0.05, 0) is 13.0 Å². The van der Waals surface area contributed by atoms with E-state index >= 15 is 0 Å². The van der Waals surface area contributed by atoms with Crippen molar-refractivity contribution in [3.8, 4) is 5.88 Å². The zero-order chi connectivity index (χ0) is 13.3. The first-order valence-electron chi connectivity index (χ1n) is 5.26. The van der Waals surface area contributed by atoms with Gasteiger partial charge in [0.05, 0.1) is 7.11 Å². The van der Waals surface area contributed by atoms with Crippen molar-refractivity contribution in [1.29, 1.82) is 0 Å². The number of halogens is 1. The number of fused-ring (bicyclic) bond motifs is 1. The second-order valence-electron chi connectivity index (χ2n) is 3.68. The molecule has 0 aliphatic carbocycles.